The van der Waals surface area contributed by atoms with Gasteiger partial charge in [-0.1, -0.05) is 12.2 Å². The Balaban J connectivity index is 2.62. The summed E-state index contributed by atoms with van der Waals surface area (Å²) in [5, 5.41) is 5.99. The van der Waals surface area contributed by atoms with Crippen molar-refractivity contribution in [1.82, 2.24) is 0 Å². The van der Waals surface area contributed by atoms with Gasteiger partial charge < -0.3 is 5.32 Å². The summed E-state index contributed by atoms with van der Waals surface area (Å²) in [7, 11) is 0. The third-order valence-electron chi connectivity index (χ3n) is 0.722. The van der Waals surface area contributed by atoms with Gasteiger partial charge in [-0.2, -0.15) is 0 Å². The molecule has 1 rings (SSSR count). The van der Waals surface area contributed by atoms with E-state index in [9.17, 15) is 0 Å². The minimum atomic E-state index is 1.10. The number of hydrogen-bond donors (Lipinski definition) is 1. The van der Waals surface area contributed by atoms with Gasteiger partial charge >= 0.3 is 0 Å². The maximum atomic E-state index is 4.57. The fraction of sp³-hybridized carbons (Fsp3) is 0. The Morgan fingerprint density at radius 1 is 1.75 bits per heavy atom. The first-order valence-electron chi connectivity index (χ1n) is 2.17. The van der Waals surface area contributed by atoms with E-state index in [2.05, 4.69) is 17.5 Å². The van der Waals surface area contributed by atoms with Crippen LogP contribution in [-0.4, -0.2) is 5.49 Å². The first-order valence-corrected chi connectivity index (χ1v) is 3.52. The molecule has 0 aliphatic carbocycles. The summed E-state index contributed by atoms with van der Waals surface area (Å²) in [6.45, 7) is 0. The molecule has 0 aliphatic heterocycles. The standard InChI is InChI=1S/C5H5NS2/c7-4-6-5-2-1-3-8-5/h1-4H,(H,6,7). The number of thiophene rings is 1. The lowest BCUT2D eigenvalue weighted by atomic mass is 10.6. The molecular weight excluding hydrogens is 138 g/mol. The van der Waals surface area contributed by atoms with E-state index < -0.39 is 0 Å². The van der Waals surface area contributed by atoms with Crippen molar-refractivity contribution in [2.45, 2.75) is 0 Å². The molecule has 1 N–H and O–H groups in total. The Kier molecular flexibility index (Phi) is 2.00. The second-order valence-electron chi connectivity index (χ2n) is 1.24. The van der Waals surface area contributed by atoms with Crippen LogP contribution in [0.5, 0.6) is 0 Å². The number of rotatable bonds is 2. The van der Waals surface area contributed by atoms with Gasteiger partial charge in [0, 0.05) is 0 Å². The zero-order chi connectivity index (χ0) is 5.82. The highest BCUT2D eigenvalue weighted by molar-refractivity contribution is 7.79. The van der Waals surface area contributed by atoms with Gasteiger partial charge in [0.25, 0.3) is 0 Å². The van der Waals surface area contributed by atoms with Gasteiger partial charge in [-0.05, 0) is 17.5 Å². The SMILES string of the molecule is S=CNc1cccs1. The van der Waals surface area contributed by atoms with Crippen LogP contribution < -0.4 is 5.32 Å². The Bertz CT molecular complexity index is 157. The normalized spacial score (nSPS) is 8.50. The van der Waals surface area contributed by atoms with Crippen LogP contribution in [0.2, 0.25) is 0 Å². The number of nitrogens with one attached hydrogen (secondary N) is 1. The van der Waals surface area contributed by atoms with Crippen LogP contribution in [0.1, 0.15) is 0 Å². The van der Waals surface area contributed by atoms with Crippen LogP contribution in [0.3, 0.4) is 0 Å². The molecule has 0 bridgehead atoms. The van der Waals surface area contributed by atoms with E-state index in [1.807, 2.05) is 17.5 Å². The predicted molar refractivity (Wildman–Crippen MR) is 41.6 cm³/mol. The molecule has 0 radical (unpaired) electrons. The van der Waals surface area contributed by atoms with Crippen molar-refractivity contribution >= 4 is 34.0 Å². The molecule has 42 valence electrons. The van der Waals surface area contributed by atoms with Gasteiger partial charge in [0.15, 0.2) is 0 Å². The minimum absolute atomic E-state index is 1.10. The number of thiocarbonyl (C=S) groups is 1. The summed E-state index contributed by atoms with van der Waals surface area (Å²) in [4.78, 5) is 0. The molecule has 1 heterocycles. The fourth-order valence-electron chi connectivity index (χ4n) is 0.419. The van der Waals surface area contributed by atoms with Gasteiger partial charge in [-0.15, -0.1) is 11.3 Å². The van der Waals surface area contributed by atoms with E-state index in [0.29, 0.717) is 0 Å². The van der Waals surface area contributed by atoms with Crippen LogP contribution in [-0.2, 0) is 0 Å². The molecule has 0 aliphatic rings. The Hall–Kier alpha value is -0.410. The molecule has 0 atom stereocenters. The lowest BCUT2D eigenvalue weighted by molar-refractivity contribution is 1.89. The van der Waals surface area contributed by atoms with Crippen molar-refractivity contribution in [2.24, 2.45) is 0 Å². The summed E-state index contributed by atoms with van der Waals surface area (Å²) in [5.41, 5.74) is 1.51. The lowest BCUT2D eigenvalue weighted by Gasteiger charge is -1.86. The van der Waals surface area contributed by atoms with Gasteiger partial charge in [-0.25, -0.2) is 0 Å². The van der Waals surface area contributed by atoms with Crippen LogP contribution in [0.25, 0.3) is 0 Å². The van der Waals surface area contributed by atoms with Crippen molar-refractivity contribution in [3.05, 3.63) is 17.5 Å². The number of anilines is 1. The highest BCUT2D eigenvalue weighted by Crippen LogP contribution is 2.13. The summed E-state index contributed by atoms with van der Waals surface area (Å²) in [5.74, 6) is 0. The monoisotopic (exact) mass is 143 g/mol. The molecule has 1 nitrogen and oxygen atoms in total. The van der Waals surface area contributed by atoms with Crippen molar-refractivity contribution < 1.29 is 0 Å². The maximum absolute atomic E-state index is 4.57. The fourth-order valence-corrected chi connectivity index (χ4v) is 1.21. The van der Waals surface area contributed by atoms with Gasteiger partial charge in [-0.3, -0.25) is 0 Å². The van der Waals surface area contributed by atoms with Crippen molar-refractivity contribution in [3.8, 4) is 0 Å². The van der Waals surface area contributed by atoms with Gasteiger partial charge in [0.2, 0.25) is 0 Å². The average molecular weight is 143 g/mol. The highest BCUT2D eigenvalue weighted by Gasteiger charge is 1.83. The summed E-state index contributed by atoms with van der Waals surface area (Å²) < 4.78 is 0. The van der Waals surface area contributed by atoms with E-state index >= 15 is 0 Å². The van der Waals surface area contributed by atoms with Crippen molar-refractivity contribution in [1.29, 1.82) is 0 Å². The topological polar surface area (TPSA) is 12.0 Å². The van der Waals surface area contributed by atoms with E-state index in [4.69, 9.17) is 0 Å². The average Bonchev–Trinajstić information content (AvgIpc) is 2.19. The highest BCUT2D eigenvalue weighted by atomic mass is 32.1. The zero-order valence-corrected chi connectivity index (χ0v) is 5.76. The molecule has 1 aromatic heterocycles. The molecule has 3 heteroatoms. The Morgan fingerprint density at radius 2 is 2.62 bits per heavy atom. The summed E-state index contributed by atoms with van der Waals surface area (Å²) >= 11 is 6.21. The first kappa shape index (κ1) is 5.72. The van der Waals surface area contributed by atoms with E-state index in [1.54, 1.807) is 11.3 Å². The molecule has 0 spiro atoms. The molecule has 0 aromatic carbocycles. The minimum Gasteiger partial charge on any atom is -0.344 e. The predicted octanol–water partition coefficient (Wildman–Crippen LogP) is 2.12. The van der Waals surface area contributed by atoms with Crippen molar-refractivity contribution in [3.63, 3.8) is 0 Å². The molecular formula is C5H5NS2. The molecule has 0 amide bonds. The van der Waals surface area contributed by atoms with Crippen LogP contribution in [0, 0.1) is 0 Å². The smallest absolute Gasteiger partial charge is 0.0928 e. The molecule has 0 unspecified atom stereocenters. The largest absolute Gasteiger partial charge is 0.344 e. The molecule has 8 heavy (non-hydrogen) atoms. The van der Waals surface area contributed by atoms with E-state index in [1.165, 1.54) is 5.49 Å². The Labute approximate surface area is 57.3 Å². The quantitative estimate of drug-likeness (QED) is 0.636. The third kappa shape index (κ3) is 1.28. The van der Waals surface area contributed by atoms with Gasteiger partial charge in [0.05, 0.1) is 10.5 Å². The Morgan fingerprint density at radius 3 is 3.12 bits per heavy atom. The number of hydrogen-bond acceptors (Lipinski definition) is 2. The second-order valence-corrected chi connectivity index (χ2v) is 2.42. The molecule has 0 saturated carbocycles. The maximum Gasteiger partial charge on any atom is 0.0928 e. The van der Waals surface area contributed by atoms with Crippen molar-refractivity contribution in [2.75, 3.05) is 5.32 Å². The molecule has 0 saturated heterocycles. The van der Waals surface area contributed by atoms with E-state index in [0.717, 1.165) is 5.00 Å². The zero-order valence-electron chi connectivity index (χ0n) is 4.13. The van der Waals surface area contributed by atoms with Crippen LogP contribution in [0.4, 0.5) is 5.00 Å². The molecule has 1 aromatic rings. The van der Waals surface area contributed by atoms with Crippen LogP contribution in [0.15, 0.2) is 17.5 Å². The van der Waals surface area contributed by atoms with Gasteiger partial charge in [0.1, 0.15) is 0 Å². The summed E-state index contributed by atoms with van der Waals surface area (Å²) in [6, 6.07) is 3.96. The first-order chi connectivity index (χ1) is 3.93. The van der Waals surface area contributed by atoms with E-state index in [-0.39, 0.29) is 0 Å². The molecule has 0 fully saturated rings. The third-order valence-corrected chi connectivity index (χ3v) is 1.64. The van der Waals surface area contributed by atoms with Crippen LogP contribution >= 0.6 is 23.6 Å². The summed E-state index contributed by atoms with van der Waals surface area (Å²) in [6.07, 6.45) is 0. The second kappa shape index (κ2) is 2.79. The lowest BCUT2D eigenvalue weighted by Crippen LogP contribution is -1.85.